The molecule has 5 nitrogen and oxygen atoms in total. The molecule has 0 spiro atoms. The molecule has 1 N–H and O–H groups in total. The van der Waals surface area contributed by atoms with Crippen molar-refractivity contribution in [3.63, 3.8) is 0 Å². The van der Waals surface area contributed by atoms with E-state index in [4.69, 9.17) is 9.47 Å². The number of carbonyl (C=O) groups excluding carboxylic acids is 1. The average Bonchev–Trinajstić information content (AvgIpc) is 2.85. The Labute approximate surface area is 145 Å². The van der Waals surface area contributed by atoms with E-state index in [1.807, 2.05) is 11.0 Å². The third kappa shape index (κ3) is 2.34. The van der Waals surface area contributed by atoms with Crippen molar-refractivity contribution in [2.24, 2.45) is 0 Å². The molecule has 4 aliphatic rings. The molecule has 1 saturated carbocycles. The first-order valence-electron chi connectivity index (χ1n) is 8.70. The Hall–Kier alpha value is -2.69. The lowest BCUT2D eigenvalue weighted by Crippen LogP contribution is -2.52. The Balaban J connectivity index is 1.40. The van der Waals surface area contributed by atoms with Crippen LogP contribution in [-0.4, -0.2) is 34.7 Å². The minimum atomic E-state index is -0.668. The van der Waals surface area contributed by atoms with E-state index < -0.39 is 6.10 Å². The summed E-state index contributed by atoms with van der Waals surface area (Å²) in [6.07, 6.45) is 1.38. The second-order valence-corrected chi connectivity index (χ2v) is 7.04. The highest BCUT2D eigenvalue weighted by atomic mass is 16.6. The molecule has 0 saturated heterocycles. The number of hydrogen-bond donors (Lipinski definition) is 1. The summed E-state index contributed by atoms with van der Waals surface area (Å²) in [6.45, 7) is 0.827. The second-order valence-electron chi connectivity index (χ2n) is 7.04. The number of hydrogen-bond acceptors (Lipinski definition) is 4. The van der Waals surface area contributed by atoms with E-state index in [0.29, 0.717) is 24.0 Å². The summed E-state index contributed by atoms with van der Waals surface area (Å²) in [5, 5.41) is 9.63. The maximum atomic E-state index is 13.1. The molecular formula is C20H19NO4. The first kappa shape index (κ1) is 14.6. The highest BCUT2D eigenvalue weighted by Crippen LogP contribution is 2.45. The maximum Gasteiger partial charge on any atom is 0.267 e. The van der Waals surface area contributed by atoms with Crippen LogP contribution < -0.4 is 9.47 Å². The fourth-order valence-electron chi connectivity index (χ4n) is 4.11. The van der Waals surface area contributed by atoms with Gasteiger partial charge >= 0.3 is 0 Å². The lowest BCUT2D eigenvalue weighted by Gasteiger charge is -2.41. The van der Waals surface area contributed by atoms with E-state index >= 15 is 0 Å². The van der Waals surface area contributed by atoms with Gasteiger partial charge in [-0.05, 0) is 42.0 Å². The van der Waals surface area contributed by atoms with E-state index in [1.54, 1.807) is 12.1 Å². The topological polar surface area (TPSA) is 59.0 Å². The van der Waals surface area contributed by atoms with Crippen LogP contribution in [0.1, 0.15) is 29.9 Å². The van der Waals surface area contributed by atoms with Gasteiger partial charge in [-0.1, -0.05) is 24.3 Å². The number of carbonyl (C=O) groups is 1. The molecule has 1 atom stereocenters. The van der Waals surface area contributed by atoms with Crippen molar-refractivity contribution >= 4 is 5.91 Å². The van der Waals surface area contributed by atoms with Gasteiger partial charge in [0.15, 0.2) is 11.5 Å². The van der Waals surface area contributed by atoms with Crippen molar-refractivity contribution in [3.8, 4) is 17.2 Å². The van der Waals surface area contributed by atoms with Crippen LogP contribution in [0, 0.1) is 0 Å². The predicted octanol–water partition coefficient (Wildman–Crippen LogP) is 2.82. The van der Waals surface area contributed by atoms with Gasteiger partial charge in [-0.3, -0.25) is 4.79 Å². The SMILES string of the molecule is O=C(C1COc2ccc(O)cc2O1)N1Cc2ccccc2C2CC1C2. The normalized spacial score (nSPS) is 26.2. The molecule has 3 aliphatic heterocycles. The minimum absolute atomic E-state index is 0.0332. The van der Waals surface area contributed by atoms with Gasteiger partial charge < -0.3 is 19.5 Å². The highest BCUT2D eigenvalue weighted by molar-refractivity contribution is 5.82. The van der Waals surface area contributed by atoms with Gasteiger partial charge in [0.2, 0.25) is 6.10 Å². The average molecular weight is 337 g/mol. The van der Waals surface area contributed by atoms with Gasteiger partial charge in [0.1, 0.15) is 12.4 Å². The lowest BCUT2D eigenvalue weighted by molar-refractivity contribution is -0.146. The maximum absolute atomic E-state index is 13.1. The Kier molecular flexibility index (Phi) is 3.17. The molecule has 0 radical (unpaired) electrons. The highest BCUT2D eigenvalue weighted by Gasteiger charge is 2.43. The molecule has 2 bridgehead atoms. The first-order valence-corrected chi connectivity index (χ1v) is 8.70. The zero-order chi connectivity index (χ0) is 17.0. The Bertz CT molecular complexity index is 843. The van der Waals surface area contributed by atoms with Crippen molar-refractivity contribution in [1.82, 2.24) is 4.90 Å². The molecule has 2 aromatic rings. The van der Waals surface area contributed by atoms with Gasteiger partial charge in [0.05, 0.1) is 0 Å². The summed E-state index contributed by atoms with van der Waals surface area (Å²) in [4.78, 5) is 15.1. The van der Waals surface area contributed by atoms with Crippen LogP contribution in [0.4, 0.5) is 0 Å². The Morgan fingerprint density at radius 2 is 1.96 bits per heavy atom. The quantitative estimate of drug-likeness (QED) is 0.869. The standard InChI is InChI=1S/C20H19NO4/c22-15-5-6-17-18(9-15)25-19(11-24-17)20(23)21-10-12-3-1-2-4-16(12)13-7-14(21)8-13/h1-6,9,13-14,19,22H,7-8,10-11H2. The van der Waals surface area contributed by atoms with Crippen LogP contribution in [0.15, 0.2) is 42.5 Å². The van der Waals surface area contributed by atoms with E-state index in [-0.39, 0.29) is 24.3 Å². The van der Waals surface area contributed by atoms with Crippen LogP contribution in [0.25, 0.3) is 0 Å². The smallest absolute Gasteiger partial charge is 0.267 e. The van der Waals surface area contributed by atoms with Crippen molar-refractivity contribution in [3.05, 3.63) is 53.6 Å². The van der Waals surface area contributed by atoms with Gasteiger partial charge in [-0.25, -0.2) is 0 Å². The number of phenols is 1. The van der Waals surface area contributed by atoms with Crippen LogP contribution in [0.5, 0.6) is 17.2 Å². The fourth-order valence-corrected chi connectivity index (χ4v) is 4.11. The summed E-state index contributed by atoms with van der Waals surface area (Å²) in [6, 6.07) is 13.4. The molecule has 1 aliphatic carbocycles. The summed E-state index contributed by atoms with van der Waals surface area (Å²) in [5.74, 6) is 1.62. The van der Waals surface area contributed by atoms with E-state index in [0.717, 1.165) is 12.8 Å². The predicted molar refractivity (Wildman–Crippen MR) is 90.8 cm³/mol. The zero-order valence-electron chi connectivity index (χ0n) is 13.7. The van der Waals surface area contributed by atoms with Gasteiger partial charge in [0, 0.05) is 18.7 Å². The van der Waals surface area contributed by atoms with E-state index in [2.05, 4.69) is 18.2 Å². The largest absolute Gasteiger partial charge is 0.508 e. The summed E-state index contributed by atoms with van der Waals surface area (Å²) >= 11 is 0. The van der Waals surface area contributed by atoms with Crippen LogP contribution in [0.3, 0.4) is 0 Å². The van der Waals surface area contributed by atoms with E-state index in [1.165, 1.54) is 17.2 Å². The van der Waals surface area contributed by atoms with Crippen LogP contribution in [-0.2, 0) is 11.3 Å². The number of rotatable bonds is 1. The first-order chi connectivity index (χ1) is 12.2. The van der Waals surface area contributed by atoms with Crippen LogP contribution in [0.2, 0.25) is 0 Å². The van der Waals surface area contributed by atoms with Crippen molar-refractivity contribution in [2.75, 3.05) is 6.61 Å². The molecule has 5 heteroatoms. The molecular weight excluding hydrogens is 318 g/mol. The van der Waals surface area contributed by atoms with Crippen LogP contribution >= 0.6 is 0 Å². The molecule has 0 aromatic heterocycles. The summed E-state index contributed by atoms with van der Waals surface area (Å²) < 4.78 is 11.5. The third-order valence-corrected chi connectivity index (χ3v) is 5.53. The second kappa shape index (κ2) is 5.41. The molecule has 6 rings (SSSR count). The molecule has 3 heterocycles. The fraction of sp³-hybridized carbons (Fsp3) is 0.350. The number of nitrogens with zero attached hydrogens (tertiary/aromatic N) is 1. The number of fused-ring (bicyclic) bond motifs is 2. The molecule has 128 valence electrons. The number of aromatic hydroxyl groups is 1. The molecule has 2 aromatic carbocycles. The van der Waals surface area contributed by atoms with Crippen molar-refractivity contribution in [1.29, 1.82) is 0 Å². The molecule has 1 amide bonds. The zero-order valence-corrected chi connectivity index (χ0v) is 13.7. The van der Waals surface area contributed by atoms with Crippen molar-refractivity contribution in [2.45, 2.75) is 37.5 Å². The number of phenolic OH excluding ortho intramolecular Hbond substituents is 1. The number of ether oxygens (including phenoxy) is 2. The number of benzene rings is 2. The van der Waals surface area contributed by atoms with Gasteiger partial charge in [-0.15, -0.1) is 0 Å². The summed E-state index contributed by atoms with van der Waals surface area (Å²) in [7, 11) is 0. The Morgan fingerprint density at radius 3 is 2.84 bits per heavy atom. The molecule has 25 heavy (non-hydrogen) atoms. The van der Waals surface area contributed by atoms with E-state index in [9.17, 15) is 9.90 Å². The lowest BCUT2D eigenvalue weighted by atomic mass is 9.76. The minimum Gasteiger partial charge on any atom is -0.508 e. The van der Waals surface area contributed by atoms with Gasteiger partial charge in [-0.2, -0.15) is 0 Å². The Morgan fingerprint density at radius 1 is 1.12 bits per heavy atom. The molecule has 1 fully saturated rings. The van der Waals surface area contributed by atoms with Crippen molar-refractivity contribution < 1.29 is 19.4 Å². The molecule has 1 unspecified atom stereocenters. The monoisotopic (exact) mass is 337 g/mol. The summed E-state index contributed by atoms with van der Waals surface area (Å²) in [5.41, 5.74) is 2.61. The third-order valence-electron chi connectivity index (χ3n) is 5.53. The van der Waals surface area contributed by atoms with Gasteiger partial charge in [0.25, 0.3) is 5.91 Å². The number of amides is 1.